The van der Waals surface area contributed by atoms with E-state index in [-0.39, 0.29) is 0 Å². The number of hydrogen-bond donors (Lipinski definition) is 0. The molecule has 0 bridgehead atoms. The summed E-state index contributed by atoms with van der Waals surface area (Å²) in [4.78, 5) is 5.04. The van der Waals surface area contributed by atoms with E-state index in [1.54, 1.807) is 31.3 Å². The van der Waals surface area contributed by atoms with Gasteiger partial charge < -0.3 is 0 Å². The summed E-state index contributed by atoms with van der Waals surface area (Å²) in [6, 6.07) is 0. The van der Waals surface area contributed by atoms with Crippen LogP contribution in [0.1, 0.15) is 138 Å². The molecule has 0 N–H and O–H groups in total. The van der Waals surface area contributed by atoms with Crippen LogP contribution in [-0.4, -0.2) is 5.71 Å². The molecule has 198 valence electrons. The van der Waals surface area contributed by atoms with Gasteiger partial charge in [-0.2, -0.15) is 0 Å². The molecule has 1 unspecified atom stereocenters. The van der Waals surface area contributed by atoms with E-state index in [1.807, 2.05) is 0 Å². The second-order valence-electron chi connectivity index (χ2n) is 14.8. The van der Waals surface area contributed by atoms with E-state index in [4.69, 9.17) is 4.99 Å². The van der Waals surface area contributed by atoms with Crippen molar-refractivity contribution in [1.29, 1.82) is 0 Å². The van der Waals surface area contributed by atoms with Gasteiger partial charge in [0.2, 0.25) is 0 Å². The third-order valence-electron chi connectivity index (χ3n) is 13.0. The van der Waals surface area contributed by atoms with Crippen LogP contribution in [0.3, 0.4) is 0 Å². The van der Waals surface area contributed by atoms with Crippen LogP contribution in [0.4, 0.5) is 0 Å². The van der Waals surface area contributed by atoms with Gasteiger partial charge in [0.25, 0.3) is 0 Å². The normalized spacial score (nSPS) is 45.0. The van der Waals surface area contributed by atoms with Gasteiger partial charge >= 0.3 is 0 Å². The quantitative estimate of drug-likeness (QED) is 0.344. The molecule has 1 heteroatoms. The van der Waals surface area contributed by atoms with Gasteiger partial charge in [-0.3, -0.25) is 4.99 Å². The average molecular weight is 480 g/mol. The monoisotopic (exact) mass is 479 g/mol. The van der Waals surface area contributed by atoms with Crippen LogP contribution in [-0.2, 0) is 0 Å². The standard InChI is InChI=1S/C34H57N/c1-7-9-23(3)26-10-12-27(35-22-26)20-24(4)31-14-15-32-30-13-11-25-21-33(5,8-2)18-16-28(25)29(30)17-19-34(31,32)6/h22-25,28-32H,7-21H2,1-6H3/t23?,24-,25-,28-,29+,30+,31+,32-,33+,34+/m0/s1. The molecule has 10 atom stereocenters. The zero-order valence-corrected chi connectivity index (χ0v) is 24.2. The molecule has 0 aromatic carbocycles. The summed E-state index contributed by atoms with van der Waals surface area (Å²) < 4.78 is 0. The van der Waals surface area contributed by atoms with Crippen LogP contribution in [0.25, 0.3) is 0 Å². The van der Waals surface area contributed by atoms with Gasteiger partial charge in [-0.1, -0.05) is 54.4 Å². The maximum absolute atomic E-state index is 5.04. The van der Waals surface area contributed by atoms with Crippen molar-refractivity contribution in [2.45, 2.75) is 138 Å². The predicted molar refractivity (Wildman–Crippen MR) is 152 cm³/mol. The number of aliphatic imine (C=N–C) groups is 1. The van der Waals surface area contributed by atoms with Gasteiger partial charge in [0.05, 0.1) is 0 Å². The number of allylic oxidation sites excluding steroid dienone is 1. The molecule has 4 saturated carbocycles. The molecule has 4 aliphatic carbocycles. The van der Waals surface area contributed by atoms with Crippen LogP contribution in [0.15, 0.2) is 16.8 Å². The summed E-state index contributed by atoms with van der Waals surface area (Å²) >= 11 is 0. The van der Waals surface area contributed by atoms with Gasteiger partial charge in [-0.15, -0.1) is 0 Å². The van der Waals surface area contributed by atoms with E-state index >= 15 is 0 Å². The van der Waals surface area contributed by atoms with Crippen molar-refractivity contribution in [3.8, 4) is 0 Å². The lowest BCUT2D eigenvalue weighted by Gasteiger charge is -2.58. The summed E-state index contributed by atoms with van der Waals surface area (Å²) in [6.07, 6.45) is 23.8. The van der Waals surface area contributed by atoms with Crippen molar-refractivity contribution < 1.29 is 0 Å². The molecule has 5 aliphatic rings. The minimum atomic E-state index is 0.603. The summed E-state index contributed by atoms with van der Waals surface area (Å²) in [6.45, 7) is 15.1. The van der Waals surface area contributed by atoms with Gasteiger partial charge in [0.1, 0.15) is 0 Å². The molecule has 1 nitrogen and oxygen atoms in total. The number of hydrogen-bond acceptors (Lipinski definition) is 1. The second-order valence-corrected chi connectivity index (χ2v) is 14.8. The molecule has 4 fully saturated rings. The van der Waals surface area contributed by atoms with Crippen molar-refractivity contribution >= 4 is 5.71 Å². The second kappa shape index (κ2) is 10.3. The molecule has 0 amide bonds. The number of fused-ring (bicyclic) bond motifs is 5. The van der Waals surface area contributed by atoms with E-state index in [1.165, 1.54) is 76.3 Å². The molecule has 0 radical (unpaired) electrons. The highest BCUT2D eigenvalue weighted by atomic mass is 14.7. The van der Waals surface area contributed by atoms with Gasteiger partial charge in [0, 0.05) is 11.9 Å². The van der Waals surface area contributed by atoms with Gasteiger partial charge in [0.15, 0.2) is 0 Å². The molecule has 0 spiro atoms. The molecular weight excluding hydrogens is 422 g/mol. The summed E-state index contributed by atoms with van der Waals surface area (Å²) in [5, 5.41) is 0. The Kier molecular flexibility index (Phi) is 7.65. The fourth-order valence-corrected chi connectivity index (χ4v) is 10.7. The summed E-state index contributed by atoms with van der Waals surface area (Å²) in [5.74, 6) is 7.72. The first-order chi connectivity index (χ1) is 16.8. The Bertz CT molecular complexity index is 807. The van der Waals surface area contributed by atoms with Crippen molar-refractivity contribution in [2.75, 3.05) is 0 Å². The summed E-state index contributed by atoms with van der Waals surface area (Å²) in [5.41, 5.74) is 4.36. The molecule has 5 rings (SSSR count). The summed E-state index contributed by atoms with van der Waals surface area (Å²) in [7, 11) is 0. The maximum Gasteiger partial charge on any atom is 0.0262 e. The fourth-order valence-electron chi connectivity index (χ4n) is 10.7. The molecule has 0 aromatic heterocycles. The fraction of sp³-hybridized carbons (Fsp3) is 0.912. The first-order valence-corrected chi connectivity index (χ1v) is 16.0. The SMILES string of the molecule is CCCC(C)C1=CN=C(C[C@H](C)[C@H]2CC[C@H]3[C@@H]4CC[C@H]5C[C@](C)(CC)CC[C@@H]5[C@H]4CC[C@]23C)CC1. The molecule has 1 aliphatic heterocycles. The highest BCUT2D eigenvalue weighted by Crippen LogP contribution is 2.66. The Balaban J connectivity index is 1.23. The van der Waals surface area contributed by atoms with Crippen molar-refractivity contribution in [2.24, 2.45) is 63.2 Å². The highest BCUT2D eigenvalue weighted by Gasteiger charge is 2.58. The van der Waals surface area contributed by atoms with E-state index < -0.39 is 0 Å². The van der Waals surface area contributed by atoms with E-state index in [9.17, 15) is 0 Å². The highest BCUT2D eigenvalue weighted by molar-refractivity contribution is 5.86. The lowest BCUT2D eigenvalue weighted by atomic mass is 9.47. The van der Waals surface area contributed by atoms with Gasteiger partial charge in [-0.05, 0) is 147 Å². The van der Waals surface area contributed by atoms with E-state index in [0.717, 1.165) is 47.3 Å². The van der Waals surface area contributed by atoms with E-state index in [2.05, 4.69) is 47.7 Å². The number of rotatable bonds is 7. The van der Waals surface area contributed by atoms with Crippen LogP contribution < -0.4 is 0 Å². The molecule has 0 aromatic rings. The van der Waals surface area contributed by atoms with Crippen LogP contribution in [0.5, 0.6) is 0 Å². The Morgan fingerprint density at radius 1 is 0.914 bits per heavy atom. The van der Waals surface area contributed by atoms with Crippen LogP contribution >= 0.6 is 0 Å². The topological polar surface area (TPSA) is 12.4 Å². The third kappa shape index (κ3) is 4.85. The van der Waals surface area contributed by atoms with Gasteiger partial charge in [-0.25, -0.2) is 0 Å². The zero-order chi connectivity index (χ0) is 24.8. The average Bonchev–Trinajstić information content (AvgIpc) is 3.21. The largest absolute Gasteiger partial charge is 0.266 e. The van der Waals surface area contributed by atoms with Crippen LogP contribution in [0, 0.1) is 58.2 Å². The lowest BCUT2D eigenvalue weighted by Crippen LogP contribution is -2.50. The molecular formula is C34H57N. The minimum absolute atomic E-state index is 0.603. The lowest BCUT2D eigenvalue weighted by molar-refractivity contribution is -0.0827. The zero-order valence-electron chi connectivity index (χ0n) is 24.2. The Morgan fingerprint density at radius 3 is 2.43 bits per heavy atom. The molecule has 1 heterocycles. The first kappa shape index (κ1) is 26.0. The van der Waals surface area contributed by atoms with Crippen molar-refractivity contribution in [3.63, 3.8) is 0 Å². The van der Waals surface area contributed by atoms with Crippen molar-refractivity contribution in [1.82, 2.24) is 0 Å². The Morgan fingerprint density at radius 2 is 1.71 bits per heavy atom. The third-order valence-corrected chi connectivity index (χ3v) is 13.0. The van der Waals surface area contributed by atoms with Crippen molar-refractivity contribution in [3.05, 3.63) is 11.8 Å². The Labute approximate surface area is 218 Å². The maximum atomic E-state index is 5.04. The number of nitrogens with zero attached hydrogens (tertiary/aromatic N) is 1. The van der Waals surface area contributed by atoms with Crippen LogP contribution in [0.2, 0.25) is 0 Å². The minimum Gasteiger partial charge on any atom is -0.266 e. The Hall–Kier alpha value is -0.590. The first-order valence-electron chi connectivity index (χ1n) is 16.0. The predicted octanol–water partition coefficient (Wildman–Crippen LogP) is 10.3. The molecule has 0 saturated heterocycles. The smallest absolute Gasteiger partial charge is 0.0262 e. The molecule has 35 heavy (non-hydrogen) atoms. The van der Waals surface area contributed by atoms with E-state index in [0.29, 0.717) is 10.8 Å².